The number of benzene rings is 1. The highest BCUT2D eigenvalue weighted by molar-refractivity contribution is 7.98. The lowest BCUT2D eigenvalue weighted by Gasteiger charge is -2.26. The Balaban J connectivity index is 2.40. The third-order valence-corrected chi connectivity index (χ3v) is 4.97. The van der Waals surface area contributed by atoms with Crippen LogP contribution >= 0.6 is 11.8 Å². The monoisotopic (exact) mass is 400 g/mol. The fourth-order valence-electron chi connectivity index (χ4n) is 2.98. The van der Waals surface area contributed by atoms with Gasteiger partial charge in [-0.05, 0) is 50.1 Å². The van der Waals surface area contributed by atoms with Gasteiger partial charge in [-0.1, -0.05) is 12.1 Å². The smallest absolute Gasteiger partial charge is 0.330 e. The fraction of sp³-hybridized carbons (Fsp3) is 0.350. The SMILES string of the molecule is C=N/C=C\c1cn(CN(CCCSC)c2ccccc2N=C)c(=O)n1CCN. The first-order valence-corrected chi connectivity index (χ1v) is 10.5. The molecule has 2 rings (SSSR count). The molecule has 150 valence electrons. The van der Waals surface area contributed by atoms with Gasteiger partial charge in [-0.2, -0.15) is 11.8 Å². The minimum atomic E-state index is -0.104. The van der Waals surface area contributed by atoms with Crippen LogP contribution < -0.4 is 16.3 Å². The second-order valence-electron chi connectivity index (χ2n) is 6.14. The Morgan fingerprint density at radius 1 is 1.32 bits per heavy atom. The highest BCUT2D eigenvalue weighted by Crippen LogP contribution is 2.28. The van der Waals surface area contributed by atoms with Crippen LogP contribution in [0.25, 0.3) is 6.08 Å². The van der Waals surface area contributed by atoms with Crippen molar-refractivity contribution in [2.75, 3.05) is 30.0 Å². The summed E-state index contributed by atoms with van der Waals surface area (Å²) in [4.78, 5) is 23.0. The first-order valence-electron chi connectivity index (χ1n) is 9.08. The molecular weight excluding hydrogens is 372 g/mol. The van der Waals surface area contributed by atoms with Gasteiger partial charge in [0, 0.05) is 32.0 Å². The third kappa shape index (κ3) is 5.46. The number of nitrogens with two attached hydrogens (primary N) is 1. The van der Waals surface area contributed by atoms with Crippen molar-refractivity contribution in [2.24, 2.45) is 15.7 Å². The van der Waals surface area contributed by atoms with Gasteiger partial charge in [0.15, 0.2) is 0 Å². The molecule has 0 fully saturated rings. The van der Waals surface area contributed by atoms with Crippen molar-refractivity contribution in [3.05, 3.63) is 52.8 Å². The van der Waals surface area contributed by atoms with Crippen molar-refractivity contribution in [1.29, 1.82) is 0 Å². The number of thioether (sulfide) groups is 1. The first-order chi connectivity index (χ1) is 13.7. The summed E-state index contributed by atoms with van der Waals surface area (Å²) in [5.41, 5.74) is 8.10. The summed E-state index contributed by atoms with van der Waals surface area (Å²) < 4.78 is 3.34. The Kier molecular flexibility index (Phi) is 8.77. The van der Waals surface area contributed by atoms with Crippen LogP contribution in [0, 0.1) is 0 Å². The topological polar surface area (TPSA) is 80.9 Å². The van der Waals surface area contributed by atoms with Crippen LogP contribution in [0.1, 0.15) is 12.1 Å². The fourth-order valence-corrected chi connectivity index (χ4v) is 3.40. The molecule has 2 aromatic rings. The third-order valence-electron chi connectivity index (χ3n) is 4.27. The van der Waals surface area contributed by atoms with E-state index >= 15 is 0 Å². The van der Waals surface area contributed by atoms with Crippen LogP contribution in [0.5, 0.6) is 0 Å². The number of para-hydroxylation sites is 2. The Labute approximate surface area is 170 Å². The second-order valence-corrected chi connectivity index (χ2v) is 7.13. The van der Waals surface area contributed by atoms with Crippen molar-refractivity contribution in [1.82, 2.24) is 9.13 Å². The molecule has 0 aliphatic heterocycles. The van der Waals surface area contributed by atoms with Crippen LogP contribution in [-0.2, 0) is 13.2 Å². The van der Waals surface area contributed by atoms with E-state index in [0.717, 1.165) is 35.8 Å². The van der Waals surface area contributed by atoms with Crippen LogP contribution in [0.4, 0.5) is 11.4 Å². The molecule has 0 saturated carbocycles. The van der Waals surface area contributed by atoms with Crippen LogP contribution in [0.15, 0.2) is 51.4 Å². The molecule has 0 aliphatic carbocycles. The molecule has 1 aromatic carbocycles. The van der Waals surface area contributed by atoms with E-state index in [4.69, 9.17) is 5.73 Å². The number of anilines is 1. The zero-order chi connectivity index (χ0) is 20.4. The van der Waals surface area contributed by atoms with Gasteiger partial charge < -0.3 is 10.6 Å². The van der Waals surface area contributed by atoms with Gasteiger partial charge >= 0.3 is 5.69 Å². The van der Waals surface area contributed by atoms with Gasteiger partial charge in [-0.25, -0.2) is 4.79 Å². The maximum absolute atomic E-state index is 12.9. The quantitative estimate of drug-likeness (QED) is 0.439. The van der Waals surface area contributed by atoms with Gasteiger partial charge in [0.25, 0.3) is 0 Å². The lowest BCUT2D eigenvalue weighted by molar-refractivity contribution is 0.584. The zero-order valence-electron chi connectivity index (χ0n) is 16.3. The molecule has 0 spiro atoms. The zero-order valence-corrected chi connectivity index (χ0v) is 17.1. The average Bonchev–Trinajstić information content (AvgIpc) is 3.01. The first kappa shape index (κ1) is 21.7. The average molecular weight is 401 g/mol. The molecule has 28 heavy (non-hydrogen) atoms. The van der Waals surface area contributed by atoms with Gasteiger partial charge in [0.1, 0.15) is 0 Å². The lowest BCUT2D eigenvalue weighted by Crippen LogP contribution is -2.34. The standard InChI is InChI=1S/C20H28N6OS/c1-22-11-9-17-15-25(20(27)26(17)13-10-21)16-24(12-6-14-28-3)19-8-5-4-7-18(19)23-2/h4-5,7-9,11,15H,1-2,6,10,12-14,16,21H2,3H3/b11-9-. The van der Waals surface area contributed by atoms with Gasteiger partial charge in [0.2, 0.25) is 0 Å². The van der Waals surface area contributed by atoms with E-state index in [1.807, 2.05) is 30.5 Å². The molecule has 2 N–H and O–H groups in total. The Morgan fingerprint density at radius 3 is 2.79 bits per heavy atom. The van der Waals surface area contributed by atoms with Crippen molar-refractivity contribution >= 4 is 42.6 Å². The van der Waals surface area contributed by atoms with Crippen LogP contribution in [0.2, 0.25) is 0 Å². The van der Waals surface area contributed by atoms with E-state index in [-0.39, 0.29) is 5.69 Å². The largest absolute Gasteiger partial charge is 0.352 e. The predicted molar refractivity (Wildman–Crippen MR) is 122 cm³/mol. The van der Waals surface area contributed by atoms with Gasteiger partial charge in [0.05, 0.1) is 23.7 Å². The van der Waals surface area contributed by atoms with E-state index in [9.17, 15) is 4.79 Å². The second kappa shape index (κ2) is 11.3. The van der Waals surface area contributed by atoms with E-state index in [2.05, 4.69) is 34.6 Å². The molecular formula is C20H28N6OS. The summed E-state index contributed by atoms with van der Waals surface area (Å²) in [6, 6.07) is 7.84. The van der Waals surface area contributed by atoms with Crippen LogP contribution in [-0.4, -0.2) is 47.7 Å². The van der Waals surface area contributed by atoms with Crippen molar-refractivity contribution in [3.63, 3.8) is 0 Å². The van der Waals surface area contributed by atoms with E-state index < -0.39 is 0 Å². The summed E-state index contributed by atoms with van der Waals surface area (Å²) in [5, 5.41) is 0. The minimum Gasteiger partial charge on any atom is -0.352 e. The highest BCUT2D eigenvalue weighted by atomic mass is 32.2. The van der Waals surface area contributed by atoms with Crippen molar-refractivity contribution < 1.29 is 0 Å². The molecule has 1 heterocycles. The van der Waals surface area contributed by atoms with Crippen LogP contribution in [0.3, 0.4) is 0 Å². The normalized spacial score (nSPS) is 11.1. The molecule has 0 aliphatic rings. The molecule has 0 unspecified atom stereocenters. The maximum atomic E-state index is 12.9. The summed E-state index contributed by atoms with van der Waals surface area (Å²) in [5.74, 6) is 1.04. The molecule has 0 atom stereocenters. The maximum Gasteiger partial charge on any atom is 0.330 e. The molecule has 0 saturated heterocycles. The number of nitrogens with zero attached hydrogens (tertiary/aromatic N) is 5. The summed E-state index contributed by atoms with van der Waals surface area (Å²) in [7, 11) is 0. The number of hydrogen-bond acceptors (Lipinski definition) is 6. The Morgan fingerprint density at radius 2 is 2.11 bits per heavy atom. The minimum absolute atomic E-state index is 0.104. The summed E-state index contributed by atoms with van der Waals surface area (Å²) in [6.07, 6.45) is 8.24. The molecule has 1 aromatic heterocycles. The number of hydrogen-bond donors (Lipinski definition) is 1. The van der Waals surface area contributed by atoms with Gasteiger partial charge in [-0.3, -0.25) is 19.1 Å². The Hall–Kier alpha value is -2.58. The number of imidazole rings is 1. The van der Waals surface area contributed by atoms with Gasteiger partial charge in [-0.15, -0.1) is 0 Å². The summed E-state index contributed by atoms with van der Waals surface area (Å²) >= 11 is 1.81. The lowest BCUT2D eigenvalue weighted by atomic mass is 10.2. The molecule has 8 heteroatoms. The highest BCUT2D eigenvalue weighted by Gasteiger charge is 2.15. The predicted octanol–water partition coefficient (Wildman–Crippen LogP) is 2.83. The molecule has 0 bridgehead atoms. The molecule has 0 radical (unpaired) electrons. The van der Waals surface area contributed by atoms with E-state index in [1.54, 1.807) is 33.2 Å². The van der Waals surface area contributed by atoms with Crippen molar-refractivity contribution in [2.45, 2.75) is 19.6 Å². The molecule has 7 nitrogen and oxygen atoms in total. The van der Waals surface area contributed by atoms with E-state index in [0.29, 0.717) is 19.8 Å². The summed E-state index contributed by atoms with van der Waals surface area (Å²) in [6.45, 7) is 9.18. The number of aliphatic imine (C=N–C) groups is 2. The number of aromatic nitrogens is 2. The number of rotatable bonds is 12. The molecule has 0 amide bonds. The van der Waals surface area contributed by atoms with Crippen molar-refractivity contribution in [3.8, 4) is 0 Å². The Bertz CT molecular complexity index is 870. The van der Waals surface area contributed by atoms with E-state index in [1.165, 1.54) is 0 Å².